The summed E-state index contributed by atoms with van der Waals surface area (Å²) in [7, 11) is -4.22. The van der Waals surface area contributed by atoms with Crippen LogP contribution in [0.4, 0.5) is 0 Å². The molecule has 3 N–H and O–H groups in total. The van der Waals surface area contributed by atoms with Gasteiger partial charge in [-0.2, -0.15) is 0 Å². The first-order chi connectivity index (χ1) is 18.8. The lowest BCUT2D eigenvalue weighted by Gasteiger charge is -2.21. The van der Waals surface area contributed by atoms with Crippen molar-refractivity contribution >= 4 is 13.6 Å². The van der Waals surface area contributed by atoms with Gasteiger partial charge in [0.2, 0.25) is 0 Å². The van der Waals surface area contributed by atoms with E-state index in [0.717, 1.165) is 17.7 Å². The zero-order valence-corrected chi connectivity index (χ0v) is 25.8. The maximum atomic E-state index is 12.3. The van der Waals surface area contributed by atoms with Crippen LogP contribution in [-0.2, 0) is 24.8 Å². The minimum Gasteiger partial charge on any atom is -0.494 e. The number of phosphoric acid groups is 1. The molecule has 39 heavy (non-hydrogen) atoms. The zero-order chi connectivity index (χ0) is 28.8. The van der Waals surface area contributed by atoms with Gasteiger partial charge in [0.25, 0.3) is 0 Å². The molecule has 0 radical (unpaired) electrons. The number of ketones is 1. The summed E-state index contributed by atoms with van der Waals surface area (Å²) in [6.07, 6.45) is 17.1. The molecular weight excluding hydrogens is 513 g/mol. The molecule has 1 aromatic rings. The van der Waals surface area contributed by atoms with Gasteiger partial charge >= 0.3 is 7.82 Å². The molecule has 3 atom stereocenters. The van der Waals surface area contributed by atoms with E-state index < -0.39 is 13.9 Å². The lowest BCUT2D eigenvalue weighted by molar-refractivity contribution is -0.120. The highest BCUT2D eigenvalue weighted by atomic mass is 31.2. The average molecular weight is 570 g/mol. The van der Waals surface area contributed by atoms with Crippen molar-refractivity contribution in [2.75, 3.05) is 19.8 Å². The highest BCUT2D eigenvalue weighted by Gasteiger charge is 2.26. The van der Waals surface area contributed by atoms with Gasteiger partial charge in [-0.15, -0.1) is 0 Å². The highest BCUT2D eigenvalue weighted by molar-refractivity contribution is 7.47. The lowest BCUT2D eigenvalue weighted by atomic mass is 9.94. The van der Waals surface area contributed by atoms with Gasteiger partial charge < -0.3 is 15.4 Å². The normalized spacial score (nSPS) is 14.6. The van der Waals surface area contributed by atoms with Crippen molar-refractivity contribution in [3.05, 3.63) is 29.8 Å². The zero-order valence-electron chi connectivity index (χ0n) is 24.9. The summed E-state index contributed by atoms with van der Waals surface area (Å²) in [5.41, 5.74) is 6.50. The van der Waals surface area contributed by atoms with Crippen molar-refractivity contribution in [1.29, 1.82) is 0 Å². The average Bonchev–Trinajstić information content (AvgIpc) is 2.90. The highest BCUT2D eigenvalue weighted by Crippen LogP contribution is 2.45. The van der Waals surface area contributed by atoms with Crippen LogP contribution in [0.1, 0.15) is 123 Å². The van der Waals surface area contributed by atoms with Crippen molar-refractivity contribution in [2.45, 2.75) is 130 Å². The lowest BCUT2D eigenvalue weighted by Crippen LogP contribution is -2.18. The smallest absolute Gasteiger partial charge is 0.472 e. The van der Waals surface area contributed by atoms with E-state index in [0.29, 0.717) is 32.4 Å². The first-order valence-electron chi connectivity index (χ1n) is 15.4. The van der Waals surface area contributed by atoms with E-state index in [1.165, 1.54) is 70.6 Å². The molecule has 0 saturated carbocycles. The molecular formula is C31H56NO6P. The Hall–Kier alpha value is -1.24. The molecule has 0 amide bonds. The summed E-state index contributed by atoms with van der Waals surface area (Å²) in [6, 6.07) is 7.87. The predicted molar refractivity (Wildman–Crippen MR) is 160 cm³/mol. The number of ether oxygens (including phenoxy) is 1. The third-order valence-corrected chi connectivity index (χ3v) is 8.09. The Morgan fingerprint density at radius 2 is 1.49 bits per heavy atom. The van der Waals surface area contributed by atoms with Gasteiger partial charge in [-0.05, 0) is 56.3 Å². The summed E-state index contributed by atoms with van der Waals surface area (Å²) in [5.74, 6) is 0.705. The number of hydrogen-bond donors (Lipinski definition) is 2. The molecule has 0 bridgehead atoms. The fourth-order valence-electron chi connectivity index (χ4n) is 4.59. The van der Waals surface area contributed by atoms with Crippen molar-refractivity contribution in [2.24, 2.45) is 11.7 Å². The van der Waals surface area contributed by atoms with E-state index >= 15 is 0 Å². The monoisotopic (exact) mass is 569 g/mol. The van der Waals surface area contributed by atoms with Crippen LogP contribution in [0.25, 0.3) is 0 Å². The molecule has 0 spiro atoms. The molecule has 1 aromatic carbocycles. The number of benzene rings is 1. The number of rotatable bonds is 26. The molecule has 0 aliphatic rings. The number of Topliss-reactive ketones (excluding diaryl/α,β-unsaturated/α-hetero) is 1. The molecule has 226 valence electrons. The SMILES string of the molecule is CCCCCCCCCCCCCCOc1ccc(CC(COP(=O)(O)OC(C)CCN)CC(=O)CC)cc1. The van der Waals surface area contributed by atoms with Crippen LogP contribution in [0.15, 0.2) is 24.3 Å². The Morgan fingerprint density at radius 1 is 0.923 bits per heavy atom. The molecule has 8 heteroatoms. The third kappa shape index (κ3) is 19.5. The fraction of sp³-hybridized carbons (Fsp3) is 0.774. The van der Waals surface area contributed by atoms with Gasteiger partial charge in [0, 0.05) is 12.8 Å². The maximum absolute atomic E-state index is 12.3. The topological polar surface area (TPSA) is 108 Å². The van der Waals surface area contributed by atoms with Crippen LogP contribution in [-0.4, -0.2) is 36.5 Å². The molecule has 0 aliphatic carbocycles. The fourth-order valence-corrected chi connectivity index (χ4v) is 5.61. The van der Waals surface area contributed by atoms with Gasteiger partial charge in [0.15, 0.2) is 0 Å². The molecule has 3 unspecified atom stereocenters. The Balaban J connectivity index is 2.33. The number of phosphoric ester groups is 1. The summed E-state index contributed by atoms with van der Waals surface area (Å²) in [4.78, 5) is 22.1. The van der Waals surface area contributed by atoms with Crippen molar-refractivity contribution in [1.82, 2.24) is 0 Å². The van der Waals surface area contributed by atoms with E-state index in [1.807, 2.05) is 31.2 Å². The van der Waals surface area contributed by atoms with Crippen LogP contribution in [0, 0.1) is 5.92 Å². The second-order valence-corrected chi connectivity index (χ2v) is 12.2. The Bertz CT molecular complexity index is 788. The largest absolute Gasteiger partial charge is 0.494 e. The van der Waals surface area contributed by atoms with Gasteiger partial charge in [-0.25, -0.2) is 4.57 Å². The second kappa shape index (κ2) is 22.4. The first kappa shape index (κ1) is 35.8. The number of carbonyl (C=O) groups excluding carboxylic acids is 1. The van der Waals surface area contributed by atoms with Crippen LogP contribution >= 0.6 is 7.82 Å². The summed E-state index contributed by atoms with van der Waals surface area (Å²) >= 11 is 0. The Morgan fingerprint density at radius 3 is 2.03 bits per heavy atom. The van der Waals surface area contributed by atoms with E-state index in [1.54, 1.807) is 6.92 Å². The molecule has 0 aliphatic heterocycles. The molecule has 0 heterocycles. The van der Waals surface area contributed by atoms with Crippen molar-refractivity contribution < 1.29 is 28.0 Å². The van der Waals surface area contributed by atoms with Gasteiger partial charge in [-0.3, -0.25) is 13.8 Å². The number of unbranched alkanes of at least 4 members (excludes halogenated alkanes) is 11. The standard InChI is InChI=1S/C31H56NO6P/c1-4-6-7-8-9-10-11-12-13-14-15-16-23-36-31-19-17-28(18-20-31)24-29(25-30(33)5-2)26-37-39(34,35)38-27(3)21-22-32/h17-20,27,29H,4-16,21-26,32H2,1-3H3,(H,34,35). The third-order valence-electron chi connectivity index (χ3n) is 6.98. The molecule has 7 nitrogen and oxygen atoms in total. The van der Waals surface area contributed by atoms with Crippen molar-refractivity contribution in [3.8, 4) is 5.75 Å². The van der Waals surface area contributed by atoms with Crippen LogP contribution in [0.2, 0.25) is 0 Å². The summed E-state index contributed by atoms with van der Waals surface area (Å²) < 4.78 is 28.6. The quantitative estimate of drug-likeness (QED) is 0.0855. The second-order valence-electron chi connectivity index (χ2n) is 10.8. The number of hydrogen-bond acceptors (Lipinski definition) is 6. The molecule has 0 aromatic heterocycles. The summed E-state index contributed by atoms with van der Waals surface area (Å²) in [6.45, 7) is 6.79. The van der Waals surface area contributed by atoms with E-state index in [-0.39, 0.29) is 24.7 Å². The first-order valence-corrected chi connectivity index (χ1v) is 16.9. The Labute approximate surface area is 238 Å². The maximum Gasteiger partial charge on any atom is 0.472 e. The minimum atomic E-state index is -4.22. The van der Waals surface area contributed by atoms with E-state index in [2.05, 4.69) is 6.92 Å². The summed E-state index contributed by atoms with van der Waals surface area (Å²) in [5, 5.41) is 0. The van der Waals surface area contributed by atoms with Crippen LogP contribution < -0.4 is 10.5 Å². The Kier molecular flexibility index (Phi) is 20.6. The van der Waals surface area contributed by atoms with Gasteiger partial charge in [-0.1, -0.05) is 96.6 Å². The van der Waals surface area contributed by atoms with Gasteiger partial charge in [0.05, 0.1) is 19.3 Å². The van der Waals surface area contributed by atoms with E-state index in [9.17, 15) is 14.3 Å². The van der Waals surface area contributed by atoms with Crippen LogP contribution in [0.5, 0.6) is 5.75 Å². The predicted octanol–water partition coefficient (Wildman–Crippen LogP) is 8.17. The molecule has 0 saturated heterocycles. The number of nitrogens with two attached hydrogens (primary N) is 1. The molecule has 0 fully saturated rings. The van der Waals surface area contributed by atoms with Crippen molar-refractivity contribution in [3.63, 3.8) is 0 Å². The number of carbonyl (C=O) groups is 1. The molecule has 1 rings (SSSR count). The van der Waals surface area contributed by atoms with Gasteiger partial charge in [0.1, 0.15) is 11.5 Å². The van der Waals surface area contributed by atoms with E-state index in [4.69, 9.17) is 19.5 Å². The van der Waals surface area contributed by atoms with Crippen LogP contribution in [0.3, 0.4) is 0 Å². The minimum absolute atomic E-state index is 0.0356.